The summed E-state index contributed by atoms with van der Waals surface area (Å²) in [4.78, 5) is 0. The molecule has 0 aliphatic carbocycles. The minimum atomic E-state index is 0.0642. The fourth-order valence-electron chi connectivity index (χ4n) is 3.34. The zero-order valence-corrected chi connectivity index (χ0v) is 15.6. The standard InChI is InChI=1S/C18H42N4/c1-13(6-7-14(2)11-19)8-16(21)17(22)10-18(4,5)9-15(3)12-20/h13-17H,6-12,19-22H2,1-5H3. The van der Waals surface area contributed by atoms with Crippen molar-refractivity contribution >= 4 is 0 Å². The summed E-state index contributed by atoms with van der Waals surface area (Å²) < 4.78 is 0. The van der Waals surface area contributed by atoms with Gasteiger partial charge in [0.05, 0.1) is 0 Å². The molecule has 0 radical (unpaired) electrons. The Balaban J connectivity index is 4.21. The van der Waals surface area contributed by atoms with Crippen molar-refractivity contribution in [1.29, 1.82) is 0 Å². The molecule has 4 nitrogen and oxygen atoms in total. The first-order valence-corrected chi connectivity index (χ1v) is 9.02. The van der Waals surface area contributed by atoms with Gasteiger partial charge < -0.3 is 22.9 Å². The molecule has 5 atom stereocenters. The van der Waals surface area contributed by atoms with Gasteiger partial charge in [0.25, 0.3) is 0 Å². The second kappa shape index (κ2) is 10.6. The van der Waals surface area contributed by atoms with Gasteiger partial charge in [0.2, 0.25) is 0 Å². The molecule has 0 aromatic rings. The molecule has 0 aliphatic heterocycles. The van der Waals surface area contributed by atoms with Crippen LogP contribution in [0, 0.1) is 23.2 Å². The molecule has 0 saturated heterocycles. The lowest BCUT2D eigenvalue weighted by atomic mass is 9.76. The Bertz CT molecular complexity index is 280. The molecule has 22 heavy (non-hydrogen) atoms. The van der Waals surface area contributed by atoms with Crippen LogP contribution in [0.1, 0.15) is 66.7 Å². The zero-order valence-electron chi connectivity index (χ0n) is 15.6. The first kappa shape index (κ1) is 21.8. The maximum absolute atomic E-state index is 6.37. The van der Waals surface area contributed by atoms with Crippen molar-refractivity contribution in [3.63, 3.8) is 0 Å². The van der Waals surface area contributed by atoms with Crippen LogP contribution in [-0.2, 0) is 0 Å². The van der Waals surface area contributed by atoms with Gasteiger partial charge in [0.1, 0.15) is 0 Å². The van der Waals surface area contributed by atoms with Crippen LogP contribution < -0.4 is 22.9 Å². The second-order valence-corrected chi connectivity index (χ2v) is 8.50. The predicted molar refractivity (Wildman–Crippen MR) is 98.4 cm³/mol. The van der Waals surface area contributed by atoms with Crippen LogP contribution in [0.5, 0.6) is 0 Å². The quantitative estimate of drug-likeness (QED) is 0.444. The van der Waals surface area contributed by atoms with E-state index in [1.165, 1.54) is 12.8 Å². The number of nitrogens with two attached hydrogens (primary N) is 4. The lowest BCUT2D eigenvalue weighted by molar-refractivity contribution is 0.222. The summed E-state index contributed by atoms with van der Waals surface area (Å²) >= 11 is 0. The Labute approximate surface area is 138 Å². The van der Waals surface area contributed by atoms with Crippen LogP contribution in [0.2, 0.25) is 0 Å². The van der Waals surface area contributed by atoms with Crippen molar-refractivity contribution in [2.24, 2.45) is 46.1 Å². The monoisotopic (exact) mass is 314 g/mol. The zero-order chi connectivity index (χ0) is 17.3. The van der Waals surface area contributed by atoms with Crippen LogP contribution in [0.4, 0.5) is 0 Å². The van der Waals surface area contributed by atoms with Crippen molar-refractivity contribution in [2.75, 3.05) is 13.1 Å². The maximum Gasteiger partial charge on any atom is 0.0197 e. The van der Waals surface area contributed by atoms with Crippen molar-refractivity contribution in [2.45, 2.75) is 78.8 Å². The molecular weight excluding hydrogens is 272 g/mol. The topological polar surface area (TPSA) is 104 Å². The van der Waals surface area contributed by atoms with E-state index in [-0.39, 0.29) is 17.5 Å². The summed E-state index contributed by atoms with van der Waals surface area (Å²) in [6.45, 7) is 12.7. The fraction of sp³-hybridized carbons (Fsp3) is 1.00. The molecule has 0 aliphatic rings. The molecule has 8 N–H and O–H groups in total. The van der Waals surface area contributed by atoms with E-state index in [9.17, 15) is 0 Å². The van der Waals surface area contributed by atoms with Gasteiger partial charge in [-0.2, -0.15) is 0 Å². The van der Waals surface area contributed by atoms with Crippen molar-refractivity contribution in [3.8, 4) is 0 Å². The normalized spacial score (nSPS) is 19.5. The Morgan fingerprint density at radius 1 is 0.727 bits per heavy atom. The van der Waals surface area contributed by atoms with E-state index in [1.807, 2.05) is 0 Å². The highest BCUT2D eigenvalue weighted by atomic mass is 14.8. The summed E-state index contributed by atoms with van der Waals surface area (Å²) in [5.74, 6) is 1.75. The van der Waals surface area contributed by atoms with Gasteiger partial charge >= 0.3 is 0 Å². The molecule has 0 aromatic carbocycles. The lowest BCUT2D eigenvalue weighted by Crippen LogP contribution is -2.45. The van der Waals surface area contributed by atoms with E-state index in [0.717, 1.165) is 32.4 Å². The number of rotatable bonds is 12. The number of hydrogen-bond donors (Lipinski definition) is 4. The maximum atomic E-state index is 6.37. The second-order valence-electron chi connectivity index (χ2n) is 8.50. The highest BCUT2D eigenvalue weighted by Gasteiger charge is 2.27. The van der Waals surface area contributed by atoms with Gasteiger partial charge in [0, 0.05) is 12.1 Å². The molecule has 0 spiro atoms. The summed E-state index contributed by atoms with van der Waals surface area (Å²) in [6, 6.07) is 0.144. The van der Waals surface area contributed by atoms with Crippen LogP contribution in [0.15, 0.2) is 0 Å². The van der Waals surface area contributed by atoms with Crippen molar-refractivity contribution in [1.82, 2.24) is 0 Å². The van der Waals surface area contributed by atoms with E-state index in [4.69, 9.17) is 22.9 Å². The van der Waals surface area contributed by atoms with E-state index in [0.29, 0.717) is 17.8 Å². The molecule has 0 aromatic heterocycles. The lowest BCUT2D eigenvalue weighted by Gasteiger charge is -2.33. The van der Waals surface area contributed by atoms with Gasteiger partial charge in [-0.25, -0.2) is 0 Å². The fourth-order valence-corrected chi connectivity index (χ4v) is 3.34. The molecular formula is C18H42N4. The Morgan fingerprint density at radius 2 is 1.23 bits per heavy atom. The predicted octanol–water partition coefficient (Wildman–Crippen LogP) is 2.44. The Morgan fingerprint density at radius 3 is 1.73 bits per heavy atom. The average molecular weight is 315 g/mol. The summed E-state index contributed by atoms with van der Waals surface area (Å²) in [7, 11) is 0. The first-order valence-electron chi connectivity index (χ1n) is 9.02. The third kappa shape index (κ3) is 9.78. The third-order valence-corrected chi connectivity index (χ3v) is 4.87. The molecule has 4 heteroatoms. The van der Waals surface area contributed by atoms with Crippen LogP contribution >= 0.6 is 0 Å². The minimum absolute atomic E-state index is 0.0642. The number of hydrogen-bond acceptors (Lipinski definition) is 4. The van der Waals surface area contributed by atoms with Crippen molar-refractivity contribution in [3.05, 3.63) is 0 Å². The highest BCUT2D eigenvalue weighted by molar-refractivity contribution is 4.85. The summed E-state index contributed by atoms with van der Waals surface area (Å²) in [5, 5.41) is 0. The van der Waals surface area contributed by atoms with Crippen molar-refractivity contribution < 1.29 is 0 Å². The first-order chi connectivity index (χ1) is 10.1. The minimum Gasteiger partial charge on any atom is -0.330 e. The third-order valence-electron chi connectivity index (χ3n) is 4.87. The Hall–Kier alpha value is -0.160. The molecule has 5 unspecified atom stereocenters. The summed E-state index contributed by atoms with van der Waals surface area (Å²) in [5.41, 5.74) is 24.3. The average Bonchev–Trinajstić information content (AvgIpc) is 2.43. The van der Waals surface area contributed by atoms with Gasteiger partial charge in [0.15, 0.2) is 0 Å². The van der Waals surface area contributed by atoms with E-state index >= 15 is 0 Å². The Kier molecular flexibility index (Phi) is 10.5. The summed E-state index contributed by atoms with van der Waals surface area (Å²) in [6.07, 6.45) is 5.43. The molecule has 0 amide bonds. The van der Waals surface area contributed by atoms with Gasteiger partial charge in [-0.05, 0) is 61.9 Å². The van der Waals surface area contributed by atoms with Gasteiger partial charge in [-0.15, -0.1) is 0 Å². The van der Waals surface area contributed by atoms with E-state index < -0.39 is 0 Å². The largest absolute Gasteiger partial charge is 0.330 e. The molecule has 0 bridgehead atoms. The smallest absolute Gasteiger partial charge is 0.0197 e. The van der Waals surface area contributed by atoms with Gasteiger partial charge in [-0.1, -0.05) is 41.0 Å². The molecule has 0 fully saturated rings. The highest BCUT2D eigenvalue weighted by Crippen LogP contribution is 2.31. The van der Waals surface area contributed by atoms with E-state index in [1.54, 1.807) is 0 Å². The van der Waals surface area contributed by atoms with Gasteiger partial charge in [-0.3, -0.25) is 0 Å². The van der Waals surface area contributed by atoms with Crippen LogP contribution in [0.25, 0.3) is 0 Å². The van der Waals surface area contributed by atoms with Crippen LogP contribution in [0.3, 0.4) is 0 Å². The van der Waals surface area contributed by atoms with Crippen LogP contribution in [-0.4, -0.2) is 25.2 Å². The molecule has 0 rings (SSSR count). The molecule has 0 heterocycles. The molecule has 134 valence electrons. The van der Waals surface area contributed by atoms with E-state index in [2.05, 4.69) is 34.6 Å². The molecule has 0 saturated carbocycles. The SMILES string of the molecule is CC(CN)CCC(C)CC(N)C(N)CC(C)(C)CC(C)CN.